The van der Waals surface area contributed by atoms with E-state index in [0.29, 0.717) is 6.42 Å². The van der Waals surface area contributed by atoms with Gasteiger partial charge in [-0.2, -0.15) is 11.3 Å². The van der Waals surface area contributed by atoms with Crippen molar-refractivity contribution in [2.45, 2.75) is 25.8 Å². The second kappa shape index (κ2) is 5.62. The van der Waals surface area contributed by atoms with Crippen molar-refractivity contribution in [1.82, 2.24) is 5.32 Å². The highest BCUT2D eigenvalue weighted by atomic mass is 32.1. The molecule has 1 aromatic heterocycles. The van der Waals surface area contributed by atoms with E-state index in [-0.39, 0.29) is 11.9 Å². The number of hydrogen-bond donors (Lipinski definition) is 1. The first-order valence-corrected chi connectivity index (χ1v) is 8.15. The predicted octanol–water partition coefficient (Wildman–Crippen LogP) is 3.27. The van der Waals surface area contributed by atoms with Crippen molar-refractivity contribution in [3.63, 3.8) is 0 Å². The van der Waals surface area contributed by atoms with Crippen molar-refractivity contribution in [3.8, 4) is 0 Å². The number of anilines is 1. The molecule has 1 aliphatic rings. The fourth-order valence-electron chi connectivity index (χ4n) is 3.02. The zero-order chi connectivity index (χ0) is 15.0. The molecule has 1 atom stereocenters. The molecule has 0 radical (unpaired) electrons. The van der Waals surface area contributed by atoms with Gasteiger partial charge in [0.2, 0.25) is 5.91 Å². The third kappa shape index (κ3) is 2.49. The van der Waals surface area contributed by atoms with E-state index in [1.807, 2.05) is 14.1 Å². The zero-order valence-corrected chi connectivity index (χ0v) is 13.5. The van der Waals surface area contributed by atoms with Gasteiger partial charge in [-0.25, -0.2) is 0 Å². The van der Waals surface area contributed by atoms with Crippen molar-refractivity contribution in [2.24, 2.45) is 0 Å². The molecule has 4 heteroatoms. The van der Waals surface area contributed by atoms with E-state index < -0.39 is 0 Å². The van der Waals surface area contributed by atoms with Crippen molar-refractivity contribution in [1.29, 1.82) is 0 Å². The Hall–Kier alpha value is -1.65. The third-order valence-corrected chi connectivity index (χ3v) is 5.16. The van der Waals surface area contributed by atoms with Crippen LogP contribution in [0.1, 0.15) is 34.7 Å². The van der Waals surface area contributed by atoms with Gasteiger partial charge in [0.1, 0.15) is 0 Å². The van der Waals surface area contributed by atoms with Crippen LogP contribution in [0.25, 0.3) is 0 Å². The Balaban J connectivity index is 2.00. The van der Waals surface area contributed by atoms with Crippen LogP contribution in [0.5, 0.6) is 0 Å². The average Bonchev–Trinajstić information content (AvgIpc) is 2.90. The van der Waals surface area contributed by atoms with Gasteiger partial charge >= 0.3 is 0 Å². The molecular weight excluding hydrogens is 280 g/mol. The smallest absolute Gasteiger partial charge is 0.227 e. The number of fused-ring (bicyclic) bond motifs is 1. The highest BCUT2D eigenvalue weighted by Crippen LogP contribution is 2.33. The Labute approximate surface area is 129 Å². The molecule has 3 rings (SSSR count). The van der Waals surface area contributed by atoms with E-state index in [2.05, 4.69) is 41.2 Å². The lowest BCUT2D eigenvalue weighted by Gasteiger charge is -2.27. The summed E-state index contributed by atoms with van der Waals surface area (Å²) in [5, 5.41) is 7.81. The van der Waals surface area contributed by atoms with Gasteiger partial charge in [-0.1, -0.05) is 12.1 Å². The van der Waals surface area contributed by atoms with E-state index in [9.17, 15) is 4.79 Å². The van der Waals surface area contributed by atoms with Crippen molar-refractivity contribution in [2.75, 3.05) is 19.0 Å². The number of aryl methyl sites for hydroxylation is 2. The molecule has 3 nitrogen and oxygen atoms in total. The molecule has 110 valence electrons. The molecule has 1 amide bonds. The predicted molar refractivity (Wildman–Crippen MR) is 88.1 cm³/mol. The average molecular weight is 300 g/mol. The number of benzene rings is 1. The van der Waals surface area contributed by atoms with Crippen molar-refractivity contribution in [3.05, 3.63) is 51.2 Å². The molecule has 0 spiro atoms. The zero-order valence-electron chi connectivity index (χ0n) is 12.6. The molecule has 0 aliphatic carbocycles. The summed E-state index contributed by atoms with van der Waals surface area (Å²) in [6.45, 7) is 2.15. The van der Waals surface area contributed by atoms with Crippen LogP contribution in [-0.2, 0) is 11.2 Å². The maximum absolute atomic E-state index is 11.8. The molecule has 2 aromatic rings. The van der Waals surface area contributed by atoms with Crippen molar-refractivity contribution < 1.29 is 4.79 Å². The van der Waals surface area contributed by atoms with Crippen LogP contribution in [0, 0.1) is 6.92 Å². The summed E-state index contributed by atoms with van der Waals surface area (Å²) in [4.78, 5) is 13.5. The molecular formula is C17H20N2OS. The Bertz CT molecular complexity index is 677. The van der Waals surface area contributed by atoms with Crippen LogP contribution >= 0.6 is 11.3 Å². The number of nitrogens with one attached hydrogen (secondary N) is 1. The minimum atomic E-state index is 0.203. The quantitative estimate of drug-likeness (QED) is 0.943. The second-order valence-electron chi connectivity index (χ2n) is 5.57. The molecule has 0 saturated carbocycles. The van der Waals surface area contributed by atoms with Gasteiger partial charge in [0.15, 0.2) is 0 Å². The number of amides is 1. The van der Waals surface area contributed by atoms with E-state index in [1.54, 1.807) is 16.2 Å². The van der Waals surface area contributed by atoms with Crippen LogP contribution in [0.2, 0.25) is 0 Å². The molecule has 1 N–H and O–H groups in total. The minimum Gasteiger partial charge on any atom is -0.315 e. The monoisotopic (exact) mass is 300 g/mol. The van der Waals surface area contributed by atoms with Gasteiger partial charge in [-0.15, -0.1) is 0 Å². The largest absolute Gasteiger partial charge is 0.315 e. The lowest BCUT2D eigenvalue weighted by Crippen LogP contribution is -2.31. The maximum Gasteiger partial charge on any atom is 0.227 e. The van der Waals surface area contributed by atoms with Crippen LogP contribution in [-0.4, -0.2) is 20.0 Å². The summed E-state index contributed by atoms with van der Waals surface area (Å²) in [7, 11) is 3.86. The molecule has 1 aliphatic heterocycles. The fraction of sp³-hybridized carbons (Fsp3) is 0.353. The van der Waals surface area contributed by atoms with E-state index in [0.717, 1.165) is 12.1 Å². The van der Waals surface area contributed by atoms with Gasteiger partial charge in [-0.3, -0.25) is 4.79 Å². The lowest BCUT2D eigenvalue weighted by atomic mass is 9.93. The van der Waals surface area contributed by atoms with Gasteiger partial charge in [-0.05, 0) is 59.5 Å². The van der Waals surface area contributed by atoms with Gasteiger partial charge in [0.05, 0.1) is 6.04 Å². The summed E-state index contributed by atoms with van der Waals surface area (Å²) >= 11 is 1.74. The van der Waals surface area contributed by atoms with Gasteiger partial charge < -0.3 is 10.2 Å². The van der Waals surface area contributed by atoms with E-state index >= 15 is 0 Å². The van der Waals surface area contributed by atoms with Gasteiger partial charge in [0.25, 0.3) is 0 Å². The molecule has 1 aromatic carbocycles. The number of hydrogen-bond acceptors (Lipinski definition) is 3. The third-order valence-electron chi connectivity index (χ3n) is 4.28. The summed E-state index contributed by atoms with van der Waals surface area (Å²) < 4.78 is 0. The summed E-state index contributed by atoms with van der Waals surface area (Å²) in [5.74, 6) is 0.203. The molecule has 0 bridgehead atoms. The van der Waals surface area contributed by atoms with Crippen LogP contribution in [0.4, 0.5) is 5.69 Å². The highest BCUT2D eigenvalue weighted by molar-refractivity contribution is 7.08. The number of rotatable bonds is 3. The molecule has 1 unspecified atom stereocenters. The number of carbonyl (C=O) groups excluding carboxylic acids is 1. The van der Waals surface area contributed by atoms with Crippen LogP contribution in [0.15, 0.2) is 29.0 Å². The number of carbonyl (C=O) groups is 1. The second-order valence-corrected chi connectivity index (χ2v) is 6.32. The SMILES string of the molecule is CNC(c1ccc2c(c1)CCC(=O)N2C)c1cscc1C. The summed E-state index contributed by atoms with van der Waals surface area (Å²) in [6.07, 6.45) is 1.44. The maximum atomic E-state index is 11.8. The Morgan fingerprint density at radius 2 is 2.10 bits per heavy atom. The summed E-state index contributed by atoms with van der Waals surface area (Å²) in [5.41, 5.74) is 6.24. The van der Waals surface area contributed by atoms with Crippen molar-refractivity contribution >= 4 is 22.9 Å². The van der Waals surface area contributed by atoms with E-state index in [4.69, 9.17) is 0 Å². The molecule has 0 fully saturated rings. The normalized spacial score (nSPS) is 16.0. The highest BCUT2D eigenvalue weighted by Gasteiger charge is 2.23. The number of thiophene rings is 1. The first kappa shape index (κ1) is 14.3. The molecule has 2 heterocycles. The minimum absolute atomic E-state index is 0.203. The topological polar surface area (TPSA) is 32.3 Å². The Morgan fingerprint density at radius 1 is 1.29 bits per heavy atom. The van der Waals surface area contributed by atoms with E-state index in [1.165, 1.54) is 22.3 Å². The van der Waals surface area contributed by atoms with Gasteiger partial charge in [0, 0.05) is 19.2 Å². The number of nitrogens with zero attached hydrogens (tertiary/aromatic N) is 1. The lowest BCUT2D eigenvalue weighted by molar-refractivity contribution is -0.118. The first-order valence-electron chi connectivity index (χ1n) is 7.21. The Morgan fingerprint density at radius 3 is 2.76 bits per heavy atom. The Kier molecular flexibility index (Phi) is 3.83. The summed E-state index contributed by atoms with van der Waals surface area (Å²) in [6, 6.07) is 6.67. The van der Waals surface area contributed by atoms with Crippen LogP contribution < -0.4 is 10.2 Å². The molecule has 21 heavy (non-hydrogen) atoms. The van der Waals surface area contributed by atoms with Crippen LogP contribution in [0.3, 0.4) is 0 Å². The molecule has 0 saturated heterocycles. The standard InChI is InChI=1S/C17H20N2OS/c1-11-9-21-10-14(11)17(18-2)13-4-6-15-12(8-13)5-7-16(20)19(15)3/h4,6,8-10,17-18H,5,7H2,1-3H3. The first-order chi connectivity index (χ1) is 10.1. The fourth-order valence-corrected chi connectivity index (χ4v) is 3.90.